The predicted molar refractivity (Wildman–Crippen MR) is 113 cm³/mol. The van der Waals surface area contributed by atoms with E-state index in [1.54, 1.807) is 7.05 Å². The molecule has 3 heterocycles. The first-order chi connectivity index (χ1) is 14.0. The maximum Gasteiger partial charge on any atom is 0.332 e. The number of hydrogen-bond acceptors (Lipinski definition) is 4. The summed E-state index contributed by atoms with van der Waals surface area (Å²) in [5.74, 6) is 0.645. The first kappa shape index (κ1) is 17.8. The van der Waals surface area contributed by atoms with Gasteiger partial charge in [0.15, 0.2) is 11.2 Å². The number of hydrogen-bond donors (Lipinski definition) is 0. The van der Waals surface area contributed by atoms with E-state index in [0.29, 0.717) is 35.2 Å². The number of imidazole rings is 1. The number of fused-ring (bicyclic) bond motifs is 3. The summed E-state index contributed by atoms with van der Waals surface area (Å²) >= 11 is 6.15. The molecule has 0 atom stereocenters. The highest BCUT2D eigenvalue weighted by Gasteiger charge is 2.28. The Morgan fingerprint density at radius 1 is 1.03 bits per heavy atom. The Bertz CT molecular complexity index is 1350. The lowest BCUT2D eigenvalue weighted by Gasteiger charge is -2.16. The smallest absolute Gasteiger partial charge is 0.310 e. The lowest BCUT2D eigenvalue weighted by Crippen LogP contribution is -2.40. The summed E-state index contributed by atoms with van der Waals surface area (Å²) in [6.45, 7) is 1.51. The quantitative estimate of drug-likeness (QED) is 0.524. The van der Waals surface area contributed by atoms with Crippen LogP contribution in [0.2, 0.25) is 5.02 Å². The minimum absolute atomic E-state index is 0.223. The molecule has 1 aliphatic heterocycles. The van der Waals surface area contributed by atoms with Crippen molar-refractivity contribution in [2.75, 3.05) is 11.4 Å². The molecule has 0 aliphatic carbocycles. The second-order valence-corrected chi connectivity index (χ2v) is 7.52. The summed E-state index contributed by atoms with van der Waals surface area (Å²) in [7, 11) is 1.65. The van der Waals surface area contributed by atoms with Gasteiger partial charge in [0.25, 0.3) is 5.56 Å². The zero-order valence-electron chi connectivity index (χ0n) is 15.7. The minimum atomic E-state index is -0.377. The van der Waals surface area contributed by atoms with Crippen LogP contribution in [-0.4, -0.2) is 25.2 Å². The molecular formula is C21H18ClN5O2. The van der Waals surface area contributed by atoms with E-state index in [4.69, 9.17) is 11.6 Å². The van der Waals surface area contributed by atoms with Gasteiger partial charge in [0, 0.05) is 30.8 Å². The van der Waals surface area contributed by atoms with Crippen LogP contribution in [0.1, 0.15) is 5.56 Å². The molecule has 0 saturated carbocycles. The van der Waals surface area contributed by atoms with Gasteiger partial charge in [-0.25, -0.2) is 4.79 Å². The van der Waals surface area contributed by atoms with Crippen molar-refractivity contribution in [2.45, 2.75) is 13.1 Å². The van der Waals surface area contributed by atoms with Crippen LogP contribution >= 0.6 is 11.6 Å². The number of benzene rings is 2. The summed E-state index contributed by atoms with van der Waals surface area (Å²) in [5, 5.41) is 0.634. The zero-order valence-corrected chi connectivity index (χ0v) is 16.5. The van der Waals surface area contributed by atoms with Crippen LogP contribution in [0.3, 0.4) is 0 Å². The maximum atomic E-state index is 13.3. The lowest BCUT2D eigenvalue weighted by molar-refractivity contribution is 0.652. The average molecular weight is 408 g/mol. The minimum Gasteiger partial charge on any atom is -0.310 e. The predicted octanol–water partition coefficient (Wildman–Crippen LogP) is 2.75. The molecule has 2 aromatic carbocycles. The van der Waals surface area contributed by atoms with E-state index in [2.05, 4.69) is 4.98 Å². The molecule has 2 aromatic heterocycles. The third kappa shape index (κ3) is 2.77. The molecule has 0 amide bonds. The first-order valence-electron chi connectivity index (χ1n) is 9.31. The molecule has 0 saturated heterocycles. The fourth-order valence-corrected chi connectivity index (χ4v) is 4.06. The topological polar surface area (TPSA) is 65.1 Å². The number of anilines is 2. The van der Waals surface area contributed by atoms with E-state index in [0.717, 1.165) is 11.3 Å². The fraction of sp³-hybridized carbons (Fsp3) is 0.190. The van der Waals surface area contributed by atoms with Crippen LogP contribution in [-0.2, 0) is 20.1 Å². The molecule has 8 heteroatoms. The molecule has 0 radical (unpaired) electrons. The summed E-state index contributed by atoms with van der Waals surface area (Å²) in [4.78, 5) is 32.8. The van der Waals surface area contributed by atoms with Gasteiger partial charge in [-0.1, -0.05) is 48.0 Å². The molecule has 0 N–H and O–H groups in total. The summed E-state index contributed by atoms with van der Waals surface area (Å²) < 4.78 is 4.61. The van der Waals surface area contributed by atoms with Gasteiger partial charge in [0.1, 0.15) is 0 Å². The Labute approximate surface area is 171 Å². The second-order valence-electron chi connectivity index (χ2n) is 7.09. The number of aromatic nitrogens is 4. The van der Waals surface area contributed by atoms with E-state index in [-0.39, 0.29) is 17.8 Å². The van der Waals surface area contributed by atoms with Gasteiger partial charge >= 0.3 is 5.69 Å². The molecule has 7 nitrogen and oxygen atoms in total. The summed E-state index contributed by atoms with van der Waals surface area (Å²) in [6.07, 6.45) is 0. The van der Waals surface area contributed by atoms with E-state index in [1.807, 2.05) is 64.1 Å². The summed E-state index contributed by atoms with van der Waals surface area (Å²) in [6, 6.07) is 17.0. The number of aryl methyl sites for hydroxylation is 1. The van der Waals surface area contributed by atoms with Crippen molar-refractivity contribution >= 4 is 34.4 Å². The highest BCUT2D eigenvalue weighted by atomic mass is 35.5. The van der Waals surface area contributed by atoms with Crippen LogP contribution in [0.5, 0.6) is 0 Å². The molecule has 1 aliphatic rings. The van der Waals surface area contributed by atoms with Gasteiger partial charge < -0.3 is 9.47 Å². The van der Waals surface area contributed by atoms with Crippen LogP contribution in [0, 0.1) is 0 Å². The average Bonchev–Trinajstić information content (AvgIpc) is 3.30. The van der Waals surface area contributed by atoms with Crippen LogP contribution < -0.4 is 16.1 Å². The fourth-order valence-electron chi connectivity index (χ4n) is 3.87. The van der Waals surface area contributed by atoms with Crippen molar-refractivity contribution < 1.29 is 0 Å². The Kier molecular flexibility index (Phi) is 4.06. The Balaban J connectivity index is 1.70. The van der Waals surface area contributed by atoms with Gasteiger partial charge in [0.2, 0.25) is 5.95 Å². The maximum absolute atomic E-state index is 13.3. The highest BCUT2D eigenvalue weighted by molar-refractivity contribution is 6.30. The zero-order chi connectivity index (χ0) is 20.1. The van der Waals surface area contributed by atoms with Crippen LogP contribution in [0.4, 0.5) is 11.6 Å². The van der Waals surface area contributed by atoms with E-state index < -0.39 is 0 Å². The molecule has 146 valence electrons. The van der Waals surface area contributed by atoms with Gasteiger partial charge in [0.05, 0.1) is 6.54 Å². The van der Waals surface area contributed by atoms with Gasteiger partial charge in [-0.3, -0.25) is 13.9 Å². The van der Waals surface area contributed by atoms with E-state index in [1.165, 1.54) is 9.13 Å². The number of halogens is 1. The van der Waals surface area contributed by atoms with Crippen molar-refractivity contribution in [3.8, 4) is 0 Å². The van der Waals surface area contributed by atoms with Crippen LogP contribution in [0.25, 0.3) is 11.2 Å². The normalized spacial score (nSPS) is 13.2. The van der Waals surface area contributed by atoms with E-state index >= 15 is 0 Å². The Morgan fingerprint density at radius 2 is 1.83 bits per heavy atom. The van der Waals surface area contributed by atoms with Crippen molar-refractivity contribution in [3.05, 3.63) is 86.0 Å². The van der Waals surface area contributed by atoms with Gasteiger partial charge in [-0.15, -0.1) is 0 Å². The monoisotopic (exact) mass is 407 g/mol. The van der Waals surface area contributed by atoms with Crippen molar-refractivity contribution in [1.29, 1.82) is 0 Å². The van der Waals surface area contributed by atoms with Gasteiger partial charge in [-0.05, 0) is 23.8 Å². The van der Waals surface area contributed by atoms with Crippen molar-refractivity contribution in [1.82, 2.24) is 18.7 Å². The lowest BCUT2D eigenvalue weighted by atomic mass is 10.2. The molecule has 4 aromatic rings. The Hall–Kier alpha value is -3.32. The standard InChI is InChI=1S/C21H18ClN5O2/c1-24-18-17(19(28)27(21(24)29)13-14-6-3-2-4-7-14)26-11-10-25(20(26)23-18)16-9-5-8-15(22)12-16/h2-9,12H,10-11,13H2,1H3. The molecule has 29 heavy (non-hydrogen) atoms. The SMILES string of the molecule is Cn1c(=O)n(Cc2ccccc2)c(=O)c2c1nc1n2CCN1c1cccc(Cl)c1. The van der Waals surface area contributed by atoms with E-state index in [9.17, 15) is 9.59 Å². The Morgan fingerprint density at radius 3 is 2.59 bits per heavy atom. The highest BCUT2D eigenvalue weighted by Crippen LogP contribution is 2.32. The molecule has 0 spiro atoms. The summed E-state index contributed by atoms with van der Waals surface area (Å²) in [5.41, 5.74) is 1.94. The van der Waals surface area contributed by atoms with Gasteiger partial charge in [-0.2, -0.15) is 4.98 Å². The molecular weight excluding hydrogens is 390 g/mol. The number of nitrogens with zero attached hydrogens (tertiary/aromatic N) is 5. The molecule has 0 bridgehead atoms. The number of rotatable bonds is 3. The van der Waals surface area contributed by atoms with Crippen molar-refractivity contribution in [3.63, 3.8) is 0 Å². The van der Waals surface area contributed by atoms with Crippen LogP contribution in [0.15, 0.2) is 64.2 Å². The van der Waals surface area contributed by atoms with Crippen molar-refractivity contribution in [2.24, 2.45) is 7.05 Å². The molecule has 5 rings (SSSR count). The molecule has 0 unspecified atom stereocenters. The molecule has 0 fully saturated rings. The largest absolute Gasteiger partial charge is 0.332 e. The third-order valence-electron chi connectivity index (χ3n) is 5.30. The second kappa shape index (κ2) is 6.63. The first-order valence-corrected chi connectivity index (χ1v) is 9.69. The third-order valence-corrected chi connectivity index (χ3v) is 5.54.